The highest BCUT2D eigenvalue weighted by Crippen LogP contribution is 2.34. The average Bonchev–Trinajstić information content (AvgIpc) is 3.42. The Hall–Kier alpha value is -3.87. The summed E-state index contributed by atoms with van der Waals surface area (Å²) in [6.07, 6.45) is 0. The first-order valence-corrected chi connectivity index (χ1v) is 15.1. The molecule has 2 heterocycles. The Labute approximate surface area is 237 Å². The van der Waals surface area contributed by atoms with Crippen molar-refractivity contribution in [3.63, 3.8) is 0 Å². The Bertz CT molecular complexity index is 1580. The second-order valence-corrected chi connectivity index (χ2v) is 11.9. The molecule has 1 amide bonds. The fraction of sp³-hybridized carbons (Fsp3) is 0.286. The number of carbonyl (C=O) groups is 1. The molecule has 1 saturated heterocycles. The molecule has 0 unspecified atom stereocenters. The zero-order valence-electron chi connectivity index (χ0n) is 22.3. The Morgan fingerprint density at radius 3 is 2.42 bits per heavy atom. The molecule has 1 aromatic heterocycles. The van der Waals surface area contributed by atoms with E-state index in [2.05, 4.69) is 25.9 Å². The van der Waals surface area contributed by atoms with Crippen molar-refractivity contribution in [2.75, 3.05) is 63.1 Å². The molecule has 1 aliphatic rings. The fourth-order valence-electron chi connectivity index (χ4n) is 4.53. The average molecular weight is 582 g/mol. The third-order valence-corrected chi connectivity index (χ3v) is 9.20. The van der Waals surface area contributed by atoms with Crippen LogP contribution in [0.2, 0.25) is 0 Å². The summed E-state index contributed by atoms with van der Waals surface area (Å²) in [6.45, 7) is 4.50. The number of anilines is 2. The molecule has 210 valence electrons. The summed E-state index contributed by atoms with van der Waals surface area (Å²) in [7, 11) is -0.712. The number of para-hydroxylation sites is 2. The smallest absolute Gasteiger partial charge is 0.261 e. The maximum absolute atomic E-state index is 13.0. The lowest BCUT2D eigenvalue weighted by Gasteiger charge is -2.34. The van der Waals surface area contributed by atoms with Crippen molar-refractivity contribution in [3.8, 4) is 11.5 Å². The number of amides is 1. The fourth-order valence-corrected chi connectivity index (χ4v) is 6.64. The van der Waals surface area contributed by atoms with Gasteiger partial charge in [0.2, 0.25) is 0 Å². The normalized spacial score (nSPS) is 14.2. The van der Waals surface area contributed by atoms with Gasteiger partial charge in [0.15, 0.2) is 5.13 Å². The first-order valence-electron chi connectivity index (χ1n) is 12.8. The molecule has 0 atom stereocenters. The van der Waals surface area contributed by atoms with Crippen molar-refractivity contribution in [3.05, 3.63) is 72.3 Å². The number of thiazole rings is 1. The molecule has 12 heteroatoms. The predicted octanol–water partition coefficient (Wildman–Crippen LogP) is 3.67. The Morgan fingerprint density at radius 2 is 1.70 bits per heavy atom. The third kappa shape index (κ3) is 6.14. The van der Waals surface area contributed by atoms with Crippen LogP contribution in [0, 0.1) is 0 Å². The van der Waals surface area contributed by atoms with Gasteiger partial charge in [-0.3, -0.25) is 14.4 Å². The van der Waals surface area contributed by atoms with Crippen LogP contribution in [0.4, 0.5) is 10.8 Å². The molecular weight excluding hydrogens is 550 g/mol. The van der Waals surface area contributed by atoms with E-state index in [4.69, 9.17) is 14.5 Å². The quantitative estimate of drug-likeness (QED) is 0.292. The van der Waals surface area contributed by atoms with Gasteiger partial charge in [-0.25, -0.2) is 13.4 Å². The number of aromatic nitrogens is 1. The second-order valence-electron chi connectivity index (χ2n) is 9.21. The van der Waals surface area contributed by atoms with Crippen LogP contribution in [0.3, 0.4) is 0 Å². The zero-order chi connectivity index (χ0) is 28.1. The number of methoxy groups -OCH3 is 2. The third-order valence-electron chi connectivity index (χ3n) is 6.73. The van der Waals surface area contributed by atoms with Crippen LogP contribution < -0.4 is 24.4 Å². The van der Waals surface area contributed by atoms with E-state index in [1.54, 1.807) is 54.8 Å². The summed E-state index contributed by atoms with van der Waals surface area (Å²) in [5.74, 6) is 0.997. The SMILES string of the molecule is COc1ccc(S(=O)(=O)Nc2ccccc2C(=O)NCCN2CCN(c3nc4c(OC)cccc4s3)CC2)cc1. The van der Waals surface area contributed by atoms with Crippen LogP contribution in [-0.2, 0) is 10.0 Å². The number of ether oxygens (including phenoxy) is 2. The minimum absolute atomic E-state index is 0.0765. The molecule has 40 heavy (non-hydrogen) atoms. The van der Waals surface area contributed by atoms with Gasteiger partial charge >= 0.3 is 0 Å². The van der Waals surface area contributed by atoms with Crippen molar-refractivity contribution in [2.24, 2.45) is 0 Å². The van der Waals surface area contributed by atoms with Gasteiger partial charge < -0.3 is 19.7 Å². The topological polar surface area (TPSA) is 113 Å². The van der Waals surface area contributed by atoms with Gasteiger partial charge in [0.1, 0.15) is 17.0 Å². The van der Waals surface area contributed by atoms with E-state index in [0.717, 1.165) is 47.3 Å². The molecule has 2 N–H and O–H groups in total. The van der Waals surface area contributed by atoms with E-state index in [1.807, 2.05) is 12.1 Å². The van der Waals surface area contributed by atoms with Crippen molar-refractivity contribution in [1.29, 1.82) is 0 Å². The number of piperazine rings is 1. The number of carbonyl (C=O) groups excluding carboxylic acids is 1. The van der Waals surface area contributed by atoms with Gasteiger partial charge in [-0.1, -0.05) is 29.5 Å². The van der Waals surface area contributed by atoms with Crippen LogP contribution >= 0.6 is 11.3 Å². The summed E-state index contributed by atoms with van der Waals surface area (Å²) in [5, 5.41) is 3.92. The molecule has 1 aliphatic heterocycles. The Kier molecular flexibility index (Phi) is 8.38. The number of nitrogens with zero attached hydrogens (tertiary/aromatic N) is 3. The van der Waals surface area contributed by atoms with Gasteiger partial charge in [-0.15, -0.1) is 0 Å². The number of sulfonamides is 1. The van der Waals surface area contributed by atoms with Crippen molar-refractivity contribution in [2.45, 2.75) is 4.90 Å². The lowest BCUT2D eigenvalue weighted by atomic mass is 10.1. The predicted molar refractivity (Wildman–Crippen MR) is 157 cm³/mol. The minimum Gasteiger partial charge on any atom is -0.497 e. The van der Waals surface area contributed by atoms with Crippen LogP contribution in [0.15, 0.2) is 71.6 Å². The summed E-state index contributed by atoms with van der Waals surface area (Å²) in [5.41, 5.74) is 1.37. The molecule has 3 aromatic carbocycles. The molecule has 5 rings (SSSR count). The highest BCUT2D eigenvalue weighted by atomic mass is 32.2. The van der Waals surface area contributed by atoms with Crippen LogP contribution in [0.1, 0.15) is 10.4 Å². The molecule has 0 spiro atoms. The number of hydrogen-bond acceptors (Lipinski definition) is 9. The number of hydrogen-bond donors (Lipinski definition) is 2. The van der Waals surface area contributed by atoms with Gasteiger partial charge in [-0.05, 0) is 48.5 Å². The minimum atomic E-state index is -3.88. The van der Waals surface area contributed by atoms with Crippen LogP contribution in [-0.4, -0.2) is 77.7 Å². The maximum atomic E-state index is 13.0. The largest absolute Gasteiger partial charge is 0.497 e. The molecule has 0 bridgehead atoms. The molecule has 10 nitrogen and oxygen atoms in total. The van der Waals surface area contributed by atoms with Gasteiger partial charge in [0.25, 0.3) is 15.9 Å². The first-order chi connectivity index (χ1) is 19.4. The van der Waals surface area contributed by atoms with E-state index < -0.39 is 10.0 Å². The number of nitrogens with one attached hydrogen (secondary N) is 2. The van der Waals surface area contributed by atoms with E-state index in [0.29, 0.717) is 18.8 Å². The standard InChI is InChI=1S/C28H31N5O5S2/c1-37-20-10-12-21(13-11-20)40(35,36)31-23-7-4-3-6-22(23)27(34)29-14-15-32-16-18-33(19-17-32)28-30-26-24(38-2)8-5-9-25(26)39-28/h3-13,31H,14-19H2,1-2H3,(H,29,34). The van der Waals surface area contributed by atoms with Gasteiger partial charge in [0.05, 0.1) is 35.1 Å². The molecule has 0 aliphatic carbocycles. The summed E-state index contributed by atoms with van der Waals surface area (Å²) in [6, 6.07) is 18.6. The maximum Gasteiger partial charge on any atom is 0.261 e. The van der Waals surface area contributed by atoms with E-state index in [-0.39, 0.29) is 22.1 Å². The van der Waals surface area contributed by atoms with E-state index in [9.17, 15) is 13.2 Å². The van der Waals surface area contributed by atoms with E-state index >= 15 is 0 Å². The first kappa shape index (κ1) is 27.7. The highest BCUT2D eigenvalue weighted by Gasteiger charge is 2.22. The van der Waals surface area contributed by atoms with Gasteiger partial charge in [0, 0.05) is 39.3 Å². The zero-order valence-corrected chi connectivity index (χ0v) is 23.9. The Balaban J connectivity index is 1.14. The summed E-state index contributed by atoms with van der Waals surface area (Å²) >= 11 is 1.66. The van der Waals surface area contributed by atoms with Crippen molar-refractivity contribution in [1.82, 2.24) is 15.2 Å². The molecule has 1 fully saturated rings. The van der Waals surface area contributed by atoms with Crippen LogP contribution in [0.5, 0.6) is 11.5 Å². The molecule has 0 radical (unpaired) electrons. The van der Waals surface area contributed by atoms with Crippen molar-refractivity contribution >= 4 is 48.3 Å². The molecule has 0 saturated carbocycles. The second kappa shape index (κ2) is 12.1. The Morgan fingerprint density at radius 1 is 0.950 bits per heavy atom. The summed E-state index contributed by atoms with van der Waals surface area (Å²) in [4.78, 5) is 22.4. The lowest BCUT2D eigenvalue weighted by molar-refractivity contribution is 0.0948. The summed E-state index contributed by atoms with van der Waals surface area (Å²) < 4.78 is 40.0. The monoisotopic (exact) mass is 581 g/mol. The number of rotatable bonds is 10. The highest BCUT2D eigenvalue weighted by molar-refractivity contribution is 7.92. The lowest BCUT2D eigenvalue weighted by Crippen LogP contribution is -2.48. The van der Waals surface area contributed by atoms with Gasteiger partial charge in [-0.2, -0.15) is 0 Å². The van der Waals surface area contributed by atoms with Crippen molar-refractivity contribution < 1.29 is 22.7 Å². The molecular formula is C28H31N5O5S2. The number of fused-ring (bicyclic) bond motifs is 1. The number of benzene rings is 3. The molecule has 4 aromatic rings. The van der Waals surface area contributed by atoms with Crippen LogP contribution in [0.25, 0.3) is 10.2 Å². The van der Waals surface area contributed by atoms with E-state index in [1.165, 1.54) is 19.2 Å².